The molecule has 1 heterocycles. The maximum absolute atomic E-state index is 11.4. The van der Waals surface area contributed by atoms with E-state index in [2.05, 4.69) is 23.5 Å². The van der Waals surface area contributed by atoms with Crippen molar-refractivity contribution in [1.82, 2.24) is 9.44 Å². The van der Waals surface area contributed by atoms with Gasteiger partial charge in [-0.15, -0.1) is 0 Å². The molecule has 0 unspecified atom stereocenters. The van der Waals surface area contributed by atoms with E-state index in [-0.39, 0.29) is 6.03 Å². The zero-order valence-corrected chi connectivity index (χ0v) is 10.8. The minimum absolute atomic E-state index is 0.303. The highest BCUT2D eigenvalue weighted by Gasteiger charge is 2.10. The van der Waals surface area contributed by atoms with Gasteiger partial charge in [0, 0.05) is 7.05 Å². The molecule has 0 spiro atoms. The number of carbonyl (C=O) groups excluding carboxylic acids is 1. The molecule has 1 aromatic heterocycles. The lowest BCUT2D eigenvalue weighted by atomic mass is 10.1. The molecule has 0 aromatic carbocycles. The van der Waals surface area contributed by atoms with Crippen molar-refractivity contribution in [2.24, 2.45) is 5.92 Å². The van der Waals surface area contributed by atoms with Gasteiger partial charge < -0.3 is 0 Å². The normalized spacial score (nSPS) is 10.6. The maximum atomic E-state index is 11.4. The molecule has 1 N–H and O–H groups in total. The van der Waals surface area contributed by atoms with E-state index in [1.807, 2.05) is 6.07 Å². The standard InChI is InChI=1S/C10H17N3O2S/c1-7(2)5-8-6-9(16-12-8)11-10(14)13(3)15-4/h6-7H,5H2,1-4H3,(H,11,14). The van der Waals surface area contributed by atoms with Crippen molar-refractivity contribution in [3.8, 4) is 0 Å². The topological polar surface area (TPSA) is 54.5 Å². The van der Waals surface area contributed by atoms with Gasteiger partial charge in [-0.1, -0.05) is 13.8 Å². The van der Waals surface area contributed by atoms with Gasteiger partial charge in [0.05, 0.1) is 12.8 Å². The van der Waals surface area contributed by atoms with Crippen LogP contribution in [0.15, 0.2) is 6.07 Å². The number of nitrogens with one attached hydrogen (secondary N) is 1. The van der Waals surface area contributed by atoms with Crippen LogP contribution in [0.3, 0.4) is 0 Å². The van der Waals surface area contributed by atoms with Crippen molar-refractivity contribution in [1.29, 1.82) is 0 Å². The summed E-state index contributed by atoms with van der Waals surface area (Å²) in [5, 5.41) is 4.57. The zero-order valence-electron chi connectivity index (χ0n) is 9.98. The Balaban J connectivity index is 2.55. The van der Waals surface area contributed by atoms with Gasteiger partial charge in [0.15, 0.2) is 0 Å². The molecule has 0 fully saturated rings. The zero-order chi connectivity index (χ0) is 12.1. The SMILES string of the molecule is CON(C)C(=O)Nc1cc(CC(C)C)ns1. The lowest BCUT2D eigenvalue weighted by Crippen LogP contribution is -2.29. The Kier molecular flexibility index (Phi) is 4.70. The van der Waals surface area contributed by atoms with Crippen LogP contribution in [0.2, 0.25) is 0 Å². The van der Waals surface area contributed by atoms with Gasteiger partial charge in [-0.3, -0.25) is 10.2 Å². The minimum atomic E-state index is -0.303. The van der Waals surface area contributed by atoms with E-state index in [1.165, 1.54) is 18.6 Å². The Hall–Kier alpha value is -1.14. The fourth-order valence-corrected chi connectivity index (χ4v) is 1.82. The van der Waals surface area contributed by atoms with Gasteiger partial charge in [-0.25, -0.2) is 9.86 Å². The molecule has 1 aromatic rings. The van der Waals surface area contributed by atoms with Crippen molar-refractivity contribution in [3.05, 3.63) is 11.8 Å². The Labute approximate surface area is 99.5 Å². The summed E-state index contributed by atoms with van der Waals surface area (Å²) < 4.78 is 4.26. The second-order valence-electron chi connectivity index (χ2n) is 3.89. The molecule has 0 atom stereocenters. The lowest BCUT2D eigenvalue weighted by Gasteiger charge is -2.12. The van der Waals surface area contributed by atoms with Crippen molar-refractivity contribution in [3.63, 3.8) is 0 Å². The quantitative estimate of drug-likeness (QED) is 0.826. The molecule has 90 valence electrons. The predicted molar refractivity (Wildman–Crippen MR) is 64.4 cm³/mol. The van der Waals surface area contributed by atoms with Crippen LogP contribution in [0.1, 0.15) is 19.5 Å². The molecule has 0 bridgehead atoms. The molecule has 1 rings (SSSR count). The van der Waals surface area contributed by atoms with Gasteiger partial charge in [-0.05, 0) is 29.9 Å². The van der Waals surface area contributed by atoms with Crippen molar-refractivity contribution >= 4 is 22.6 Å². The van der Waals surface area contributed by atoms with Gasteiger partial charge in [0.1, 0.15) is 5.00 Å². The van der Waals surface area contributed by atoms with Crippen molar-refractivity contribution in [2.75, 3.05) is 19.5 Å². The average Bonchev–Trinajstić information content (AvgIpc) is 2.63. The molecule has 0 aliphatic heterocycles. The molecule has 5 nitrogen and oxygen atoms in total. The summed E-state index contributed by atoms with van der Waals surface area (Å²) in [5.41, 5.74) is 1.01. The van der Waals surface area contributed by atoms with Crippen molar-refractivity contribution in [2.45, 2.75) is 20.3 Å². The first-order valence-corrected chi connectivity index (χ1v) is 5.84. The third-order valence-electron chi connectivity index (χ3n) is 1.97. The largest absolute Gasteiger partial charge is 0.346 e. The second-order valence-corrected chi connectivity index (χ2v) is 4.70. The molecule has 2 amide bonds. The molecule has 16 heavy (non-hydrogen) atoms. The summed E-state index contributed by atoms with van der Waals surface area (Å²) in [7, 11) is 2.99. The minimum Gasteiger partial charge on any atom is -0.296 e. The number of nitrogens with zero attached hydrogens (tertiary/aromatic N) is 2. The van der Waals surface area contributed by atoms with Gasteiger partial charge in [0.25, 0.3) is 0 Å². The van der Waals surface area contributed by atoms with E-state index in [4.69, 9.17) is 4.84 Å². The van der Waals surface area contributed by atoms with E-state index in [0.717, 1.165) is 22.2 Å². The van der Waals surface area contributed by atoms with Crippen LogP contribution >= 0.6 is 11.5 Å². The highest BCUT2D eigenvalue weighted by Crippen LogP contribution is 2.18. The van der Waals surface area contributed by atoms with Crippen LogP contribution < -0.4 is 5.32 Å². The van der Waals surface area contributed by atoms with Crippen LogP contribution in [-0.4, -0.2) is 29.6 Å². The van der Waals surface area contributed by atoms with Gasteiger partial charge in [-0.2, -0.15) is 4.37 Å². The Morgan fingerprint density at radius 1 is 1.69 bits per heavy atom. The Morgan fingerprint density at radius 3 is 2.94 bits per heavy atom. The van der Waals surface area contributed by atoms with Gasteiger partial charge in [0.2, 0.25) is 0 Å². The second kappa shape index (κ2) is 5.81. The van der Waals surface area contributed by atoms with Crippen molar-refractivity contribution < 1.29 is 9.63 Å². The van der Waals surface area contributed by atoms with Crippen LogP contribution in [-0.2, 0) is 11.3 Å². The number of anilines is 1. The van der Waals surface area contributed by atoms with E-state index in [9.17, 15) is 4.79 Å². The van der Waals surface area contributed by atoms with E-state index >= 15 is 0 Å². The summed E-state index contributed by atoms with van der Waals surface area (Å²) in [4.78, 5) is 16.2. The number of hydrogen-bond acceptors (Lipinski definition) is 4. The third-order valence-corrected chi connectivity index (χ3v) is 2.71. The summed E-state index contributed by atoms with van der Waals surface area (Å²) >= 11 is 1.28. The molecule has 0 saturated carbocycles. The number of amides is 2. The highest BCUT2D eigenvalue weighted by molar-refractivity contribution is 7.10. The summed E-state index contributed by atoms with van der Waals surface area (Å²) in [6.07, 6.45) is 0.923. The maximum Gasteiger partial charge on any atom is 0.346 e. The summed E-state index contributed by atoms with van der Waals surface area (Å²) in [6.45, 7) is 4.27. The molecule has 0 aliphatic rings. The number of rotatable bonds is 4. The molecule has 6 heteroatoms. The van der Waals surface area contributed by atoms with E-state index in [0.29, 0.717) is 5.92 Å². The van der Waals surface area contributed by atoms with Crippen LogP contribution in [0.5, 0.6) is 0 Å². The van der Waals surface area contributed by atoms with Crippen LogP contribution in [0.25, 0.3) is 0 Å². The molecule has 0 radical (unpaired) electrons. The summed E-state index contributed by atoms with van der Waals surface area (Å²) in [6, 6.07) is 1.59. The predicted octanol–water partition coefficient (Wildman–Crippen LogP) is 2.37. The number of carbonyl (C=O) groups is 1. The third kappa shape index (κ3) is 3.79. The van der Waals surface area contributed by atoms with E-state index in [1.54, 1.807) is 7.05 Å². The Bertz CT molecular complexity index is 352. The van der Waals surface area contributed by atoms with E-state index < -0.39 is 0 Å². The molecule has 0 aliphatic carbocycles. The first-order chi connectivity index (χ1) is 7.52. The number of hydrogen-bond donors (Lipinski definition) is 1. The monoisotopic (exact) mass is 243 g/mol. The fraction of sp³-hybridized carbons (Fsp3) is 0.600. The lowest BCUT2D eigenvalue weighted by molar-refractivity contribution is -0.0597. The summed E-state index contributed by atoms with van der Waals surface area (Å²) in [5.74, 6) is 0.562. The fourth-order valence-electron chi connectivity index (χ4n) is 1.15. The van der Waals surface area contributed by atoms with Crippen LogP contribution in [0.4, 0.5) is 9.80 Å². The number of urea groups is 1. The first kappa shape index (κ1) is 12.9. The highest BCUT2D eigenvalue weighted by atomic mass is 32.1. The molecular formula is C10H17N3O2S. The Morgan fingerprint density at radius 2 is 2.38 bits per heavy atom. The van der Waals surface area contributed by atoms with Crippen LogP contribution in [0, 0.1) is 5.92 Å². The smallest absolute Gasteiger partial charge is 0.296 e. The van der Waals surface area contributed by atoms with Gasteiger partial charge >= 0.3 is 6.03 Å². The number of aromatic nitrogens is 1. The molecule has 0 saturated heterocycles. The number of hydroxylamine groups is 2. The first-order valence-electron chi connectivity index (χ1n) is 5.07. The molecular weight excluding hydrogens is 226 g/mol. The average molecular weight is 243 g/mol.